The monoisotopic (exact) mass is 334 g/mol. The number of allylic oxidation sites excluding steroid dienone is 5. The van der Waals surface area contributed by atoms with Gasteiger partial charge in [0.1, 0.15) is 11.9 Å². The average Bonchev–Trinajstić information content (AvgIpc) is 2.46. The van der Waals surface area contributed by atoms with Crippen LogP contribution in [0.3, 0.4) is 0 Å². The number of hydrogen-bond acceptors (Lipinski definition) is 4. The van der Waals surface area contributed by atoms with Crippen LogP contribution in [0.25, 0.3) is 0 Å². The summed E-state index contributed by atoms with van der Waals surface area (Å²) in [5.41, 5.74) is 3.31. The van der Waals surface area contributed by atoms with E-state index < -0.39 is 5.97 Å². The van der Waals surface area contributed by atoms with Crippen LogP contribution in [0.4, 0.5) is 0 Å². The minimum atomic E-state index is -0.404. The van der Waals surface area contributed by atoms with Gasteiger partial charge in [-0.1, -0.05) is 43.7 Å². The summed E-state index contributed by atoms with van der Waals surface area (Å²) >= 11 is 1.82. The Kier molecular flexibility index (Phi) is 5.79. The Labute approximate surface area is 143 Å². The van der Waals surface area contributed by atoms with E-state index in [1.165, 1.54) is 0 Å². The van der Waals surface area contributed by atoms with E-state index in [9.17, 15) is 9.90 Å². The zero-order valence-corrected chi connectivity index (χ0v) is 15.2. The Morgan fingerprint density at radius 3 is 2.70 bits per heavy atom. The molecule has 0 fully saturated rings. The largest absolute Gasteiger partial charge is 0.512 e. The second-order valence-electron chi connectivity index (χ2n) is 6.43. The van der Waals surface area contributed by atoms with Crippen LogP contribution in [0.1, 0.15) is 34.1 Å². The number of aliphatic hydroxyl groups is 1. The van der Waals surface area contributed by atoms with Gasteiger partial charge >= 0.3 is 5.97 Å². The third kappa shape index (κ3) is 3.92. The molecule has 0 saturated carbocycles. The van der Waals surface area contributed by atoms with Crippen molar-refractivity contribution in [2.24, 2.45) is 11.8 Å². The van der Waals surface area contributed by atoms with Crippen LogP contribution in [0.2, 0.25) is 0 Å². The van der Waals surface area contributed by atoms with Crippen LogP contribution in [0.5, 0.6) is 0 Å². The number of carbonyl (C=O) groups is 1. The average molecular weight is 334 g/mol. The van der Waals surface area contributed by atoms with E-state index in [-0.39, 0.29) is 23.7 Å². The molecule has 3 unspecified atom stereocenters. The number of esters is 1. The number of cyclic esters (lactones) is 1. The molecular weight excluding hydrogens is 308 g/mol. The smallest absolute Gasteiger partial charge is 0.338 e. The maximum Gasteiger partial charge on any atom is 0.338 e. The Hall–Kier alpha value is -1.42. The highest BCUT2D eigenvalue weighted by Crippen LogP contribution is 2.38. The van der Waals surface area contributed by atoms with Gasteiger partial charge in [-0.15, -0.1) is 0 Å². The van der Waals surface area contributed by atoms with Crippen LogP contribution in [0.15, 0.2) is 46.8 Å². The van der Waals surface area contributed by atoms with Crippen molar-refractivity contribution < 1.29 is 14.6 Å². The highest BCUT2D eigenvalue weighted by Gasteiger charge is 2.37. The summed E-state index contributed by atoms with van der Waals surface area (Å²) in [5.74, 6) is 1.67. The lowest BCUT2D eigenvalue weighted by molar-refractivity contribution is -0.149. The van der Waals surface area contributed by atoms with Gasteiger partial charge in [0.05, 0.1) is 5.57 Å². The molecule has 3 atom stereocenters. The second-order valence-corrected chi connectivity index (χ2v) is 7.75. The molecule has 1 heterocycles. The quantitative estimate of drug-likeness (QED) is 0.748. The first-order chi connectivity index (χ1) is 10.8. The van der Waals surface area contributed by atoms with Crippen molar-refractivity contribution in [1.82, 2.24) is 0 Å². The molecule has 3 nitrogen and oxygen atoms in total. The third-order valence-corrected chi connectivity index (χ3v) is 5.56. The Bertz CT molecular complexity index is 598. The molecule has 0 spiro atoms. The van der Waals surface area contributed by atoms with Crippen LogP contribution in [-0.4, -0.2) is 28.7 Å². The predicted octanol–water partition coefficient (Wildman–Crippen LogP) is 4.58. The summed E-state index contributed by atoms with van der Waals surface area (Å²) in [6, 6.07) is 0. The Morgan fingerprint density at radius 2 is 2.13 bits per heavy atom. The zero-order valence-electron chi connectivity index (χ0n) is 14.4. The fourth-order valence-electron chi connectivity index (χ4n) is 3.24. The minimum absolute atomic E-state index is 0.159. The molecule has 23 heavy (non-hydrogen) atoms. The summed E-state index contributed by atoms with van der Waals surface area (Å²) in [7, 11) is 0. The first kappa shape index (κ1) is 17.9. The predicted molar refractivity (Wildman–Crippen MR) is 96.5 cm³/mol. The molecule has 0 saturated heterocycles. The molecule has 0 bridgehead atoms. The van der Waals surface area contributed by atoms with Crippen molar-refractivity contribution in [1.29, 1.82) is 0 Å². The van der Waals surface area contributed by atoms with E-state index in [4.69, 9.17) is 4.74 Å². The van der Waals surface area contributed by atoms with Gasteiger partial charge in [0.25, 0.3) is 0 Å². The molecule has 0 radical (unpaired) electrons. The van der Waals surface area contributed by atoms with Gasteiger partial charge < -0.3 is 9.84 Å². The Balaban J connectivity index is 2.22. The van der Waals surface area contributed by atoms with Crippen LogP contribution >= 0.6 is 11.8 Å². The van der Waals surface area contributed by atoms with Crippen LogP contribution in [-0.2, 0) is 9.53 Å². The topological polar surface area (TPSA) is 46.5 Å². The normalized spacial score (nSPS) is 26.6. The molecular formula is C19H26O3S. The molecule has 4 heteroatoms. The van der Waals surface area contributed by atoms with E-state index in [0.717, 1.165) is 28.2 Å². The molecule has 1 aliphatic carbocycles. The van der Waals surface area contributed by atoms with E-state index in [1.54, 1.807) is 0 Å². The molecule has 1 aliphatic heterocycles. The molecule has 0 aromatic carbocycles. The van der Waals surface area contributed by atoms with Gasteiger partial charge in [0.2, 0.25) is 0 Å². The first-order valence-electron chi connectivity index (χ1n) is 8.11. The maximum atomic E-state index is 12.5. The van der Waals surface area contributed by atoms with Crippen LogP contribution in [0, 0.1) is 11.8 Å². The third-order valence-electron chi connectivity index (χ3n) is 4.39. The van der Waals surface area contributed by atoms with Crippen molar-refractivity contribution in [2.75, 3.05) is 11.5 Å². The van der Waals surface area contributed by atoms with Gasteiger partial charge in [0.15, 0.2) is 0 Å². The van der Waals surface area contributed by atoms with Crippen molar-refractivity contribution in [2.45, 2.75) is 40.2 Å². The van der Waals surface area contributed by atoms with Crippen LogP contribution < -0.4 is 0 Å². The van der Waals surface area contributed by atoms with E-state index in [2.05, 4.69) is 20.4 Å². The molecule has 0 aromatic rings. The number of ether oxygens (including phenoxy) is 1. The first-order valence-corrected chi connectivity index (χ1v) is 9.26. The summed E-state index contributed by atoms with van der Waals surface area (Å²) in [6.45, 7) is 12.2. The number of thioether (sulfide) groups is 1. The molecule has 0 amide bonds. The second kappa shape index (κ2) is 7.43. The summed E-state index contributed by atoms with van der Waals surface area (Å²) < 4.78 is 5.65. The lowest BCUT2D eigenvalue weighted by Gasteiger charge is -2.33. The summed E-state index contributed by atoms with van der Waals surface area (Å²) in [5, 5.41) is 10.5. The minimum Gasteiger partial charge on any atom is -0.512 e. The number of aliphatic hydroxyl groups excluding tert-OH is 1. The van der Waals surface area contributed by atoms with E-state index in [0.29, 0.717) is 12.0 Å². The van der Waals surface area contributed by atoms with Crippen molar-refractivity contribution in [3.05, 3.63) is 46.8 Å². The SMILES string of the molecule is C=C1C=C(C)C=C(C)C1C1=C(O)CC(C(C)CSCC)OC1=O. The molecule has 2 aliphatic rings. The van der Waals surface area contributed by atoms with Crippen molar-refractivity contribution >= 4 is 17.7 Å². The van der Waals surface area contributed by atoms with Crippen molar-refractivity contribution in [3.63, 3.8) is 0 Å². The van der Waals surface area contributed by atoms with Gasteiger partial charge in [-0.2, -0.15) is 11.8 Å². The Morgan fingerprint density at radius 1 is 1.43 bits per heavy atom. The fraction of sp³-hybridized carbons (Fsp3) is 0.526. The standard InChI is InChI=1S/C19H26O3S/c1-6-23-10-14(5)16-9-15(20)18(19(21)22-16)17-12(3)7-11(2)8-13(17)4/h7-8,14,16-17,20H,3,6,9-10H2,1-2,4-5H3. The number of carbonyl (C=O) groups excluding carboxylic acids is 1. The summed E-state index contributed by atoms with van der Waals surface area (Å²) in [6.07, 6.45) is 4.13. The van der Waals surface area contributed by atoms with Gasteiger partial charge in [-0.05, 0) is 30.9 Å². The van der Waals surface area contributed by atoms with E-state index in [1.807, 2.05) is 37.8 Å². The number of hydrogen-bond donors (Lipinski definition) is 1. The molecule has 1 N–H and O–H groups in total. The van der Waals surface area contributed by atoms with Gasteiger partial charge in [0, 0.05) is 18.3 Å². The lowest BCUT2D eigenvalue weighted by Crippen LogP contribution is -2.35. The maximum absolute atomic E-state index is 12.5. The molecule has 2 rings (SSSR count). The zero-order chi connectivity index (χ0) is 17.1. The number of rotatable bonds is 5. The lowest BCUT2D eigenvalue weighted by atomic mass is 9.79. The molecule has 126 valence electrons. The van der Waals surface area contributed by atoms with Crippen molar-refractivity contribution in [3.8, 4) is 0 Å². The fourth-order valence-corrected chi connectivity index (χ4v) is 4.06. The van der Waals surface area contributed by atoms with E-state index >= 15 is 0 Å². The van der Waals surface area contributed by atoms with Gasteiger partial charge in [-0.25, -0.2) is 4.79 Å². The highest BCUT2D eigenvalue weighted by atomic mass is 32.2. The van der Waals surface area contributed by atoms with Gasteiger partial charge in [-0.3, -0.25) is 0 Å². The summed E-state index contributed by atoms with van der Waals surface area (Å²) in [4.78, 5) is 12.5. The molecule has 0 aromatic heterocycles. The highest BCUT2D eigenvalue weighted by molar-refractivity contribution is 7.99.